The summed E-state index contributed by atoms with van der Waals surface area (Å²) in [5.41, 5.74) is 2.86. The number of aliphatic imine (C=N–C) groups is 1. The fourth-order valence-electron chi connectivity index (χ4n) is 2.99. The summed E-state index contributed by atoms with van der Waals surface area (Å²) in [5.74, 6) is 2.06. The second kappa shape index (κ2) is 9.51. The van der Waals surface area contributed by atoms with Crippen LogP contribution in [0.3, 0.4) is 0 Å². The third-order valence-electron chi connectivity index (χ3n) is 4.54. The molecule has 8 nitrogen and oxygen atoms in total. The van der Waals surface area contributed by atoms with Crippen LogP contribution >= 0.6 is 0 Å². The molecule has 0 saturated heterocycles. The first-order valence-electron chi connectivity index (χ1n) is 9.67. The number of aromatic nitrogens is 4. The topological polar surface area (TPSA) is 88.7 Å². The SMILES string of the molecule is CN=C(NCc1cccnc1OCc1ccccc1)NCc1nnc2ccccn12. The van der Waals surface area contributed by atoms with Gasteiger partial charge in [0.05, 0.1) is 6.54 Å². The van der Waals surface area contributed by atoms with Crippen LogP contribution in [0.1, 0.15) is 17.0 Å². The van der Waals surface area contributed by atoms with E-state index >= 15 is 0 Å². The van der Waals surface area contributed by atoms with Gasteiger partial charge in [-0.05, 0) is 23.8 Å². The summed E-state index contributed by atoms with van der Waals surface area (Å²) in [6, 6.07) is 19.7. The van der Waals surface area contributed by atoms with E-state index < -0.39 is 0 Å². The summed E-state index contributed by atoms with van der Waals surface area (Å²) in [5, 5.41) is 14.9. The Morgan fingerprint density at radius 1 is 0.967 bits per heavy atom. The van der Waals surface area contributed by atoms with Gasteiger partial charge in [0.25, 0.3) is 0 Å². The quantitative estimate of drug-likeness (QED) is 0.366. The summed E-state index contributed by atoms with van der Waals surface area (Å²) in [6.07, 6.45) is 3.67. The van der Waals surface area contributed by atoms with Crippen molar-refractivity contribution in [1.82, 2.24) is 30.2 Å². The van der Waals surface area contributed by atoms with E-state index in [0.29, 0.717) is 31.5 Å². The van der Waals surface area contributed by atoms with Crippen molar-refractivity contribution in [2.75, 3.05) is 7.05 Å². The summed E-state index contributed by atoms with van der Waals surface area (Å²) >= 11 is 0. The number of nitrogens with one attached hydrogen (secondary N) is 2. The maximum atomic E-state index is 5.92. The molecule has 0 aliphatic rings. The molecule has 1 aromatic carbocycles. The van der Waals surface area contributed by atoms with Crippen molar-refractivity contribution < 1.29 is 4.74 Å². The number of hydrogen-bond donors (Lipinski definition) is 2. The minimum Gasteiger partial charge on any atom is -0.473 e. The summed E-state index contributed by atoms with van der Waals surface area (Å²) in [6.45, 7) is 1.49. The van der Waals surface area contributed by atoms with Crippen molar-refractivity contribution in [3.8, 4) is 5.88 Å². The molecule has 0 fully saturated rings. The molecule has 0 aliphatic heterocycles. The van der Waals surface area contributed by atoms with Gasteiger partial charge in [-0.2, -0.15) is 0 Å². The van der Waals surface area contributed by atoms with Crippen molar-refractivity contribution in [3.05, 3.63) is 90.0 Å². The van der Waals surface area contributed by atoms with Crippen molar-refractivity contribution in [2.45, 2.75) is 19.7 Å². The number of hydrogen-bond acceptors (Lipinski definition) is 5. The molecule has 0 radical (unpaired) electrons. The van der Waals surface area contributed by atoms with Crippen LogP contribution in [0.2, 0.25) is 0 Å². The molecule has 0 unspecified atom stereocenters. The van der Waals surface area contributed by atoms with Gasteiger partial charge in [0.2, 0.25) is 5.88 Å². The third kappa shape index (κ3) is 4.72. The van der Waals surface area contributed by atoms with E-state index in [1.165, 1.54) is 0 Å². The molecule has 3 heterocycles. The molecule has 3 aromatic heterocycles. The average molecular weight is 401 g/mol. The Balaban J connectivity index is 1.35. The van der Waals surface area contributed by atoms with Gasteiger partial charge < -0.3 is 15.4 Å². The molecule has 0 atom stereocenters. The smallest absolute Gasteiger partial charge is 0.218 e. The van der Waals surface area contributed by atoms with Crippen LogP contribution in [-0.2, 0) is 19.7 Å². The standard InChI is InChI=1S/C22H23N7O/c1-23-22(26-15-20-28-27-19-11-5-6-13-29(19)20)25-14-18-10-7-12-24-21(18)30-16-17-8-3-2-4-9-17/h2-13H,14-16H2,1H3,(H2,23,25,26). The second-order valence-corrected chi connectivity index (χ2v) is 6.57. The Kier molecular flexibility index (Phi) is 6.14. The molecule has 152 valence electrons. The molecular formula is C22H23N7O. The van der Waals surface area contributed by atoms with Gasteiger partial charge in [-0.3, -0.25) is 9.39 Å². The minimum atomic E-state index is 0.470. The average Bonchev–Trinajstić information content (AvgIpc) is 3.22. The normalized spacial score (nSPS) is 11.4. The molecule has 0 bridgehead atoms. The van der Waals surface area contributed by atoms with Crippen molar-refractivity contribution in [1.29, 1.82) is 0 Å². The lowest BCUT2D eigenvalue weighted by atomic mass is 10.2. The van der Waals surface area contributed by atoms with E-state index in [1.807, 2.05) is 71.3 Å². The van der Waals surface area contributed by atoms with Gasteiger partial charge in [-0.15, -0.1) is 10.2 Å². The van der Waals surface area contributed by atoms with Crippen molar-refractivity contribution >= 4 is 11.6 Å². The van der Waals surface area contributed by atoms with Crippen LogP contribution in [0.25, 0.3) is 5.65 Å². The van der Waals surface area contributed by atoms with Gasteiger partial charge in [-0.25, -0.2) is 4.98 Å². The predicted octanol–water partition coefficient (Wildman–Crippen LogP) is 2.57. The molecule has 0 saturated carbocycles. The highest BCUT2D eigenvalue weighted by Gasteiger charge is 2.08. The lowest BCUT2D eigenvalue weighted by molar-refractivity contribution is 0.290. The monoisotopic (exact) mass is 401 g/mol. The van der Waals surface area contributed by atoms with E-state index in [4.69, 9.17) is 4.74 Å². The fourth-order valence-corrected chi connectivity index (χ4v) is 2.99. The fraction of sp³-hybridized carbons (Fsp3) is 0.182. The Morgan fingerprint density at radius 3 is 2.67 bits per heavy atom. The summed E-state index contributed by atoms with van der Waals surface area (Å²) in [7, 11) is 1.73. The number of benzene rings is 1. The Morgan fingerprint density at radius 2 is 1.80 bits per heavy atom. The minimum absolute atomic E-state index is 0.470. The maximum absolute atomic E-state index is 5.92. The number of fused-ring (bicyclic) bond motifs is 1. The van der Waals surface area contributed by atoms with Crippen LogP contribution in [0.4, 0.5) is 0 Å². The number of nitrogens with zero attached hydrogens (tertiary/aromatic N) is 5. The molecule has 0 amide bonds. The van der Waals surface area contributed by atoms with E-state index in [9.17, 15) is 0 Å². The van der Waals surface area contributed by atoms with Gasteiger partial charge >= 0.3 is 0 Å². The highest BCUT2D eigenvalue weighted by molar-refractivity contribution is 5.79. The van der Waals surface area contributed by atoms with Crippen LogP contribution in [-0.4, -0.2) is 32.6 Å². The van der Waals surface area contributed by atoms with Gasteiger partial charge in [0.15, 0.2) is 17.4 Å². The van der Waals surface area contributed by atoms with Crippen molar-refractivity contribution in [3.63, 3.8) is 0 Å². The number of rotatable bonds is 7. The van der Waals surface area contributed by atoms with E-state index in [0.717, 1.165) is 22.6 Å². The van der Waals surface area contributed by atoms with Gasteiger partial charge in [0.1, 0.15) is 6.61 Å². The molecule has 4 rings (SSSR count). The Labute approximate surface area is 174 Å². The van der Waals surface area contributed by atoms with Crippen LogP contribution in [0.5, 0.6) is 5.88 Å². The second-order valence-electron chi connectivity index (χ2n) is 6.57. The number of pyridine rings is 2. The zero-order valence-corrected chi connectivity index (χ0v) is 16.7. The Bertz CT molecular complexity index is 1120. The predicted molar refractivity (Wildman–Crippen MR) is 115 cm³/mol. The lowest BCUT2D eigenvalue weighted by Crippen LogP contribution is -2.36. The molecule has 30 heavy (non-hydrogen) atoms. The number of guanidine groups is 1. The zero-order chi connectivity index (χ0) is 20.6. The Hall–Kier alpha value is -3.94. The molecule has 4 aromatic rings. The summed E-state index contributed by atoms with van der Waals surface area (Å²) < 4.78 is 7.86. The maximum Gasteiger partial charge on any atom is 0.218 e. The van der Waals surface area contributed by atoms with Crippen molar-refractivity contribution in [2.24, 2.45) is 4.99 Å². The van der Waals surface area contributed by atoms with Crippen LogP contribution in [0, 0.1) is 0 Å². The molecule has 0 aliphatic carbocycles. The first kappa shape index (κ1) is 19.4. The lowest BCUT2D eigenvalue weighted by Gasteiger charge is -2.14. The highest BCUT2D eigenvalue weighted by Crippen LogP contribution is 2.16. The summed E-state index contributed by atoms with van der Waals surface area (Å²) in [4.78, 5) is 8.66. The van der Waals surface area contributed by atoms with Crippen LogP contribution < -0.4 is 15.4 Å². The van der Waals surface area contributed by atoms with E-state index in [1.54, 1.807) is 13.2 Å². The molecular weight excluding hydrogens is 378 g/mol. The molecule has 2 N–H and O–H groups in total. The largest absolute Gasteiger partial charge is 0.473 e. The first-order chi connectivity index (χ1) is 14.8. The third-order valence-corrected chi connectivity index (χ3v) is 4.54. The van der Waals surface area contributed by atoms with Gasteiger partial charge in [0, 0.05) is 31.5 Å². The zero-order valence-electron chi connectivity index (χ0n) is 16.7. The highest BCUT2D eigenvalue weighted by atomic mass is 16.5. The molecule has 0 spiro atoms. The first-order valence-corrected chi connectivity index (χ1v) is 9.67. The number of ether oxygens (including phenoxy) is 1. The van der Waals surface area contributed by atoms with Gasteiger partial charge in [-0.1, -0.05) is 42.5 Å². The van der Waals surface area contributed by atoms with Crippen LogP contribution in [0.15, 0.2) is 78.0 Å². The van der Waals surface area contributed by atoms with E-state index in [-0.39, 0.29) is 0 Å². The molecule has 8 heteroatoms. The van der Waals surface area contributed by atoms with E-state index in [2.05, 4.69) is 30.8 Å².